The molecule has 2 atom stereocenters. The van der Waals surface area contributed by atoms with Gasteiger partial charge >= 0.3 is 0 Å². The first-order chi connectivity index (χ1) is 5.52. The van der Waals surface area contributed by atoms with Crippen molar-refractivity contribution in [2.45, 2.75) is 46.2 Å². The van der Waals surface area contributed by atoms with Gasteiger partial charge in [-0.2, -0.15) is 0 Å². The summed E-state index contributed by atoms with van der Waals surface area (Å²) in [6.45, 7) is 9.50. The van der Waals surface area contributed by atoms with Gasteiger partial charge in [0.05, 0.1) is 0 Å². The summed E-state index contributed by atoms with van der Waals surface area (Å²) >= 11 is 0. The van der Waals surface area contributed by atoms with Crippen molar-refractivity contribution >= 4 is 5.78 Å². The third-order valence-electron chi connectivity index (χ3n) is 2.76. The number of ketones is 1. The first-order valence-corrected chi connectivity index (χ1v) is 4.80. The second kappa shape index (κ2) is 3.56. The fourth-order valence-corrected chi connectivity index (χ4v) is 1.93. The molecule has 1 fully saturated rings. The molecule has 2 nitrogen and oxygen atoms in total. The smallest absolute Gasteiger partial charge is 0.138 e. The molecule has 1 rings (SSSR count). The molecule has 70 valence electrons. The minimum Gasteiger partial charge on any atom is -0.299 e. The molecule has 0 bridgehead atoms. The summed E-state index contributed by atoms with van der Waals surface area (Å²) in [5.74, 6) is 0.669. The van der Waals surface area contributed by atoms with Crippen molar-refractivity contribution in [1.29, 1.82) is 0 Å². The van der Waals surface area contributed by atoms with Crippen molar-refractivity contribution in [2.75, 3.05) is 6.54 Å². The lowest BCUT2D eigenvalue weighted by Crippen LogP contribution is -2.48. The summed E-state index contributed by atoms with van der Waals surface area (Å²) in [7, 11) is 0. The lowest BCUT2D eigenvalue weighted by molar-refractivity contribution is -0.127. The third kappa shape index (κ3) is 1.86. The van der Waals surface area contributed by atoms with E-state index in [0.717, 1.165) is 13.0 Å². The van der Waals surface area contributed by atoms with Crippen molar-refractivity contribution in [3.05, 3.63) is 0 Å². The molecule has 1 heterocycles. The van der Waals surface area contributed by atoms with Crippen LogP contribution in [-0.2, 0) is 4.79 Å². The van der Waals surface area contributed by atoms with Crippen LogP contribution in [0.25, 0.3) is 0 Å². The van der Waals surface area contributed by atoms with Gasteiger partial charge in [0, 0.05) is 31.0 Å². The first kappa shape index (κ1) is 9.72. The van der Waals surface area contributed by atoms with Crippen LogP contribution < -0.4 is 0 Å². The predicted octanol–water partition coefficient (Wildman–Crippen LogP) is 1.69. The molecule has 0 spiro atoms. The fraction of sp³-hybridized carbons (Fsp3) is 0.900. The zero-order chi connectivity index (χ0) is 9.30. The van der Waals surface area contributed by atoms with Gasteiger partial charge in [-0.1, -0.05) is 6.92 Å². The molecule has 0 aliphatic carbocycles. The van der Waals surface area contributed by atoms with E-state index in [2.05, 4.69) is 25.7 Å². The highest BCUT2D eigenvalue weighted by molar-refractivity contribution is 5.82. The Bertz CT molecular complexity index is 177. The summed E-state index contributed by atoms with van der Waals surface area (Å²) in [5.41, 5.74) is 0. The van der Waals surface area contributed by atoms with Crippen LogP contribution in [0.3, 0.4) is 0 Å². The van der Waals surface area contributed by atoms with Gasteiger partial charge in [0.15, 0.2) is 0 Å². The maximum Gasteiger partial charge on any atom is 0.138 e. The average Bonchev–Trinajstić information content (AvgIpc) is 1.96. The summed E-state index contributed by atoms with van der Waals surface area (Å²) in [4.78, 5) is 13.8. The van der Waals surface area contributed by atoms with Crippen LogP contribution in [0.1, 0.15) is 34.1 Å². The van der Waals surface area contributed by atoms with Crippen molar-refractivity contribution in [3.8, 4) is 0 Å². The van der Waals surface area contributed by atoms with E-state index in [9.17, 15) is 4.79 Å². The third-order valence-corrected chi connectivity index (χ3v) is 2.76. The second-order valence-electron chi connectivity index (χ2n) is 4.21. The largest absolute Gasteiger partial charge is 0.299 e. The van der Waals surface area contributed by atoms with Crippen LogP contribution in [0, 0.1) is 5.92 Å². The van der Waals surface area contributed by atoms with E-state index in [4.69, 9.17) is 0 Å². The van der Waals surface area contributed by atoms with Gasteiger partial charge in [-0.15, -0.1) is 0 Å². The monoisotopic (exact) mass is 169 g/mol. The molecule has 0 radical (unpaired) electrons. The Morgan fingerprint density at radius 2 is 2.00 bits per heavy atom. The summed E-state index contributed by atoms with van der Waals surface area (Å²) in [6, 6.07) is 1.00. The van der Waals surface area contributed by atoms with E-state index in [1.807, 2.05) is 6.92 Å². The Balaban J connectivity index is 2.61. The summed E-state index contributed by atoms with van der Waals surface area (Å²) < 4.78 is 0. The number of hydrogen-bond acceptors (Lipinski definition) is 2. The second-order valence-corrected chi connectivity index (χ2v) is 4.21. The molecule has 2 heteroatoms. The molecular weight excluding hydrogens is 150 g/mol. The first-order valence-electron chi connectivity index (χ1n) is 4.80. The SMILES string of the molecule is CC1CN(C(C)C)C(C)CC1=O. The fourth-order valence-electron chi connectivity index (χ4n) is 1.93. The lowest BCUT2D eigenvalue weighted by atomic mass is 9.92. The van der Waals surface area contributed by atoms with Gasteiger partial charge in [0.1, 0.15) is 5.78 Å². The van der Waals surface area contributed by atoms with Gasteiger partial charge in [-0.05, 0) is 20.8 Å². The number of rotatable bonds is 1. The van der Waals surface area contributed by atoms with Crippen LogP contribution in [-0.4, -0.2) is 29.3 Å². The van der Waals surface area contributed by atoms with Gasteiger partial charge in [-0.3, -0.25) is 9.69 Å². The van der Waals surface area contributed by atoms with E-state index in [0.29, 0.717) is 17.9 Å². The van der Waals surface area contributed by atoms with Crippen molar-refractivity contribution in [3.63, 3.8) is 0 Å². The number of carbonyl (C=O) groups is 1. The van der Waals surface area contributed by atoms with Crippen LogP contribution >= 0.6 is 0 Å². The Hall–Kier alpha value is -0.370. The number of likely N-dealkylation sites (tertiary alicyclic amines) is 1. The lowest BCUT2D eigenvalue weighted by Gasteiger charge is -2.38. The maximum absolute atomic E-state index is 11.3. The number of nitrogens with zero attached hydrogens (tertiary/aromatic N) is 1. The molecule has 1 aliphatic heterocycles. The number of piperidine rings is 1. The van der Waals surface area contributed by atoms with Crippen molar-refractivity contribution in [2.24, 2.45) is 5.92 Å². The molecule has 0 N–H and O–H groups in total. The topological polar surface area (TPSA) is 20.3 Å². The van der Waals surface area contributed by atoms with Crippen molar-refractivity contribution < 1.29 is 4.79 Å². The molecule has 1 aliphatic rings. The van der Waals surface area contributed by atoms with E-state index in [1.165, 1.54) is 0 Å². The number of Topliss-reactive ketones (excluding diaryl/α,β-unsaturated/α-hetero) is 1. The zero-order valence-electron chi connectivity index (χ0n) is 8.50. The predicted molar refractivity (Wildman–Crippen MR) is 50.1 cm³/mol. The highest BCUT2D eigenvalue weighted by Gasteiger charge is 2.30. The van der Waals surface area contributed by atoms with Crippen molar-refractivity contribution in [1.82, 2.24) is 4.90 Å². The van der Waals surface area contributed by atoms with E-state index in [1.54, 1.807) is 0 Å². The van der Waals surface area contributed by atoms with E-state index in [-0.39, 0.29) is 5.92 Å². The van der Waals surface area contributed by atoms with Gasteiger partial charge in [0.25, 0.3) is 0 Å². The Labute approximate surface area is 74.9 Å². The van der Waals surface area contributed by atoms with Crippen LogP contribution in [0.2, 0.25) is 0 Å². The molecular formula is C10H19NO. The summed E-state index contributed by atoms with van der Waals surface area (Å²) in [5, 5.41) is 0. The Kier molecular flexibility index (Phi) is 2.89. The van der Waals surface area contributed by atoms with Gasteiger partial charge in [0.2, 0.25) is 0 Å². The van der Waals surface area contributed by atoms with E-state index < -0.39 is 0 Å². The standard InChI is InChI=1S/C10H19NO/c1-7(2)11-6-8(3)10(12)5-9(11)4/h7-9H,5-6H2,1-4H3. The van der Waals surface area contributed by atoms with Crippen LogP contribution in [0.4, 0.5) is 0 Å². The highest BCUT2D eigenvalue weighted by atomic mass is 16.1. The molecule has 0 amide bonds. The molecule has 2 unspecified atom stereocenters. The minimum absolute atomic E-state index is 0.239. The van der Waals surface area contributed by atoms with Gasteiger partial charge in [-0.25, -0.2) is 0 Å². The molecule has 12 heavy (non-hydrogen) atoms. The average molecular weight is 169 g/mol. The van der Waals surface area contributed by atoms with Crippen LogP contribution in [0.5, 0.6) is 0 Å². The van der Waals surface area contributed by atoms with E-state index >= 15 is 0 Å². The maximum atomic E-state index is 11.3. The number of hydrogen-bond donors (Lipinski definition) is 0. The molecule has 0 saturated carbocycles. The summed E-state index contributed by atoms with van der Waals surface area (Å²) in [6.07, 6.45) is 0.735. The van der Waals surface area contributed by atoms with Gasteiger partial charge < -0.3 is 0 Å². The zero-order valence-corrected chi connectivity index (χ0v) is 8.50. The normalized spacial score (nSPS) is 32.9. The molecule has 0 aromatic rings. The molecule has 0 aromatic heterocycles. The Morgan fingerprint density at radius 3 is 2.50 bits per heavy atom. The Morgan fingerprint density at radius 1 is 1.42 bits per heavy atom. The van der Waals surface area contributed by atoms with Crippen LogP contribution in [0.15, 0.2) is 0 Å². The number of carbonyl (C=O) groups excluding carboxylic acids is 1. The molecule has 1 saturated heterocycles. The highest BCUT2D eigenvalue weighted by Crippen LogP contribution is 2.20. The minimum atomic E-state index is 0.239. The molecule has 0 aromatic carbocycles. The quantitative estimate of drug-likeness (QED) is 0.595.